The Kier molecular flexibility index (Phi) is 4.40. The standard InChI is InChI=1S/C14H22ClN/c1-6-16-13(14(3,4)5)11-8-7-10(2)9-12(11)15/h7-9,13,16H,6H2,1-5H3. The highest BCUT2D eigenvalue weighted by Gasteiger charge is 2.26. The van der Waals surface area contributed by atoms with Gasteiger partial charge < -0.3 is 5.32 Å². The smallest absolute Gasteiger partial charge is 0.0456 e. The van der Waals surface area contributed by atoms with Crippen LogP contribution in [0.2, 0.25) is 5.02 Å². The number of nitrogens with one attached hydrogen (secondary N) is 1. The van der Waals surface area contributed by atoms with Crippen LogP contribution in [-0.2, 0) is 0 Å². The van der Waals surface area contributed by atoms with E-state index in [0.717, 1.165) is 11.6 Å². The Morgan fingerprint density at radius 1 is 1.31 bits per heavy atom. The molecule has 0 bridgehead atoms. The summed E-state index contributed by atoms with van der Waals surface area (Å²) in [5, 5.41) is 4.38. The van der Waals surface area contributed by atoms with Gasteiger partial charge >= 0.3 is 0 Å². The van der Waals surface area contributed by atoms with E-state index in [4.69, 9.17) is 11.6 Å². The Morgan fingerprint density at radius 3 is 2.38 bits per heavy atom. The van der Waals surface area contributed by atoms with Gasteiger partial charge in [-0.05, 0) is 36.1 Å². The minimum absolute atomic E-state index is 0.162. The van der Waals surface area contributed by atoms with Gasteiger partial charge in [-0.2, -0.15) is 0 Å². The van der Waals surface area contributed by atoms with Crippen molar-refractivity contribution in [2.24, 2.45) is 5.41 Å². The normalized spacial score (nSPS) is 13.9. The van der Waals surface area contributed by atoms with Crippen molar-refractivity contribution >= 4 is 11.6 Å². The average Bonchev–Trinajstić information content (AvgIpc) is 2.13. The number of rotatable bonds is 3. The highest BCUT2D eigenvalue weighted by molar-refractivity contribution is 6.31. The molecule has 1 nitrogen and oxygen atoms in total. The highest BCUT2D eigenvalue weighted by Crippen LogP contribution is 2.36. The summed E-state index contributed by atoms with van der Waals surface area (Å²) in [6, 6.07) is 6.59. The first-order valence-electron chi connectivity index (χ1n) is 5.85. The van der Waals surface area contributed by atoms with Crippen LogP contribution in [-0.4, -0.2) is 6.54 Å². The molecular weight excluding hydrogens is 218 g/mol. The molecule has 0 radical (unpaired) electrons. The van der Waals surface area contributed by atoms with Gasteiger partial charge in [0.15, 0.2) is 0 Å². The van der Waals surface area contributed by atoms with Gasteiger partial charge in [0.1, 0.15) is 0 Å². The van der Waals surface area contributed by atoms with E-state index >= 15 is 0 Å². The second-order valence-electron chi connectivity index (χ2n) is 5.38. The summed E-state index contributed by atoms with van der Waals surface area (Å²) in [5.74, 6) is 0. The Balaban J connectivity index is 3.11. The predicted molar refractivity (Wildman–Crippen MR) is 72.1 cm³/mol. The maximum atomic E-state index is 6.33. The molecule has 1 aromatic carbocycles. The van der Waals surface area contributed by atoms with E-state index in [1.54, 1.807) is 0 Å². The largest absolute Gasteiger partial charge is 0.310 e. The summed E-state index contributed by atoms with van der Waals surface area (Å²) in [6.07, 6.45) is 0. The van der Waals surface area contributed by atoms with Crippen molar-refractivity contribution in [2.75, 3.05) is 6.54 Å². The van der Waals surface area contributed by atoms with E-state index in [9.17, 15) is 0 Å². The summed E-state index contributed by atoms with van der Waals surface area (Å²) < 4.78 is 0. The van der Waals surface area contributed by atoms with Crippen molar-refractivity contribution in [3.8, 4) is 0 Å². The van der Waals surface area contributed by atoms with Crippen LogP contribution in [0.4, 0.5) is 0 Å². The molecule has 0 saturated heterocycles. The molecular formula is C14H22ClN. The van der Waals surface area contributed by atoms with Crippen LogP contribution in [0.3, 0.4) is 0 Å². The molecule has 1 aromatic rings. The first kappa shape index (κ1) is 13.5. The lowest BCUT2D eigenvalue weighted by Gasteiger charge is -2.32. The lowest BCUT2D eigenvalue weighted by Crippen LogP contribution is -2.32. The topological polar surface area (TPSA) is 12.0 Å². The van der Waals surface area contributed by atoms with E-state index in [1.165, 1.54) is 11.1 Å². The second-order valence-corrected chi connectivity index (χ2v) is 5.79. The number of hydrogen-bond donors (Lipinski definition) is 1. The Hall–Kier alpha value is -0.530. The van der Waals surface area contributed by atoms with Gasteiger partial charge in [-0.3, -0.25) is 0 Å². The van der Waals surface area contributed by atoms with Gasteiger partial charge in [-0.1, -0.05) is 51.4 Å². The van der Waals surface area contributed by atoms with Crippen LogP contribution >= 0.6 is 11.6 Å². The Morgan fingerprint density at radius 2 is 1.94 bits per heavy atom. The summed E-state index contributed by atoms with van der Waals surface area (Å²) in [5.41, 5.74) is 2.56. The monoisotopic (exact) mass is 239 g/mol. The van der Waals surface area contributed by atoms with E-state index in [1.807, 2.05) is 6.07 Å². The number of halogens is 1. The Bertz CT molecular complexity index is 352. The van der Waals surface area contributed by atoms with Gasteiger partial charge in [-0.25, -0.2) is 0 Å². The molecule has 0 aliphatic heterocycles. The maximum absolute atomic E-state index is 6.33. The van der Waals surface area contributed by atoms with E-state index in [2.05, 4.69) is 52.1 Å². The molecule has 1 unspecified atom stereocenters. The zero-order valence-electron chi connectivity index (χ0n) is 10.9. The molecule has 0 saturated carbocycles. The SMILES string of the molecule is CCNC(c1ccc(C)cc1Cl)C(C)(C)C. The third-order valence-electron chi connectivity index (χ3n) is 2.74. The lowest BCUT2D eigenvalue weighted by atomic mass is 9.82. The summed E-state index contributed by atoms with van der Waals surface area (Å²) in [4.78, 5) is 0. The van der Waals surface area contributed by atoms with Crippen molar-refractivity contribution in [3.63, 3.8) is 0 Å². The molecule has 0 aromatic heterocycles. The van der Waals surface area contributed by atoms with Crippen LogP contribution in [0.1, 0.15) is 44.9 Å². The molecule has 16 heavy (non-hydrogen) atoms. The third-order valence-corrected chi connectivity index (χ3v) is 3.07. The van der Waals surface area contributed by atoms with Gasteiger partial charge in [-0.15, -0.1) is 0 Å². The van der Waals surface area contributed by atoms with Crippen molar-refractivity contribution in [3.05, 3.63) is 34.3 Å². The van der Waals surface area contributed by atoms with Crippen LogP contribution in [0, 0.1) is 12.3 Å². The van der Waals surface area contributed by atoms with Crippen molar-refractivity contribution in [1.29, 1.82) is 0 Å². The average molecular weight is 240 g/mol. The maximum Gasteiger partial charge on any atom is 0.0456 e. The first-order valence-corrected chi connectivity index (χ1v) is 6.23. The van der Waals surface area contributed by atoms with Gasteiger partial charge in [0, 0.05) is 11.1 Å². The molecule has 1 rings (SSSR count). The zero-order chi connectivity index (χ0) is 12.3. The third kappa shape index (κ3) is 3.23. The van der Waals surface area contributed by atoms with E-state index < -0.39 is 0 Å². The predicted octanol–water partition coefficient (Wildman–Crippen LogP) is 4.35. The fraction of sp³-hybridized carbons (Fsp3) is 0.571. The quantitative estimate of drug-likeness (QED) is 0.827. The molecule has 90 valence electrons. The lowest BCUT2D eigenvalue weighted by molar-refractivity contribution is 0.277. The van der Waals surface area contributed by atoms with Gasteiger partial charge in [0.2, 0.25) is 0 Å². The summed E-state index contributed by atoms with van der Waals surface area (Å²) >= 11 is 6.33. The number of aryl methyl sites for hydroxylation is 1. The van der Waals surface area contributed by atoms with Crippen LogP contribution in [0.25, 0.3) is 0 Å². The molecule has 0 heterocycles. The fourth-order valence-electron chi connectivity index (χ4n) is 1.95. The van der Waals surface area contributed by atoms with Gasteiger partial charge in [0.05, 0.1) is 0 Å². The molecule has 0 aliphatic rings. The van der Waals surface area contributed by atoms with Crippen LogP contribution in [0.15, 0.2) is 18.2 Å². The minimum Gasteiger partial charge on any atom is -0.310 e. The molecule has 0 spiro atoms. The molecule has 0 fully saturated rings. The highest BCUT2D eigenvalue weighted by atomic mass is 35.5. The van der Waals surface area contributed by atoms with Crippen molar-refractivity contribution in [1.82, 2.24) is 5.32 Å². The van der Waals surface area contributed by atoms with Gasteiger partial charge in [0.25, 0.3) is 0 Å². The molecule has 0 aliphatic carbocycles. The van der Waals surface area contributed by atoms with Crippen LogP contribution in [0.5, 0.6) is 0 Å². The zero-order valence-corrected chi connectivity index (χ0v) is 11.7. The van der Waals surface area contributed by atoms with Crippen LogP contribution < -0.4 is 5.32 Å². The Labute approximate surface area is 104 Å². The first-order chi connectivity index (χ1) is 7.36. The summed E-state index contributed by atoms with van der Waals surface area (Å²) in [6.45, 7) is 11.8. The van der Waals surface area contributed by atoms with E-state index in [-0.39, 0.29) is 5.41 Å². The molecule has 1 N–H and O–H groups in total. The van der Waals surface area contributed by atoms with Crippen molar-refractivity contribution < 1.29 is 0 Å². The number of benzene rings is 1. The molecule has 0 amide bonds. The molecule has 2 heteroatoms. The van der Waals surface area contributed by atoms with Crippen molar-refractivity contribution in [2.45, 2.75) is 40.7 Å². The second kappa shape index (κ2) is 5.20. The fourth-order valence-corrected chi connectivity index (χ4v) is 2.30. The minimum atomic E-state index is 0.162. The van der Waals surface area contributed by atoms with E-state index in [0.29, 0.717) is 6.04 Å². The number of hydrogen-bond acceptors (Lipinski definition) is 1. The summed E-state index contributed by atoms with van der Waals surface area (Å²) in [7, 11) is 0. The molecule has 1 atom stereocenters.